The van der Waals surface area contributed by atoms with Gasteiger partial charge in [0.1, 0.15) is 12.5 Å². The number of thioether (sulfide) groups is 1. The van der Waals surface area contributed by atoms with E-state index in [1.807, 2.05) is 0 Å². The summed E-state index contributed by atoms with van der Waals surface area (Å²) in [4.78, 5) is 11.5. The van der Waals surface area contributed by atoms with Gasteiger partial charge in [0.15, 0.2) is 10.7 Å². The van der Waals surface area contributed by atoms with Gasteiger partial charge in [-0.1, -0.05) is 17.8 Å². The molecule has 0 spiro atoms. The first-order valence-electron chi connectivity index (χ1n) is 6.81. The maximum atomic E-state index is 13.2. The lowest BCUT2D eigenvalue weighted by Crippen LogP contribution is -2.27. The molecule has 136 valence electrons. The molecule has 25 heavy (non-hydrogen) atoms. The summed E-state index contributed by atoms with van der Waals surface area (Å²) < 4.78 is 30.2. The lowest BCUT2D eigenvalue weighted by Gasteiger charge is -2.04. The second-order valence-electron chi connectivity index (χ2n) is 4.65. The maximum absolute atomic E-state index is 13.2. The van der Waals surface area contributed by atoms with Crippen molar-refractivity contribution in [1.82, 2.24) is 15.6 Å². The van der Waals surface area contributed by atoms with Crippen molar-refractivity contribution in [1.29, 1.82) is 5.41 Å². The molecule has 1 heterocycles. The molecule has 1 amide bonds. The van der Waals surface area contributed by atoms with Crippen LogP contribution in [0.1, 0.15) is 11.3 Å². The highest BCUT2D eigenvalue weighted by Crippen LogP contribution is 2.22. The number of carbonyl (C=O) groups is 1. The van der Waals surface area contributed by atoms with Crippen LogP contribution in [0.5, 0.6) is 0 Å². The van der Waals surface area contributed by atoms with Crippen molar-refractivity contribution in [2.45, 2.75) is 11.4 Å². The summed E-state index contributed by atoms with van der Waals surface area (Å²) in [6, 6.07) is 4.45. The van der Waals surface area contributed by atoms with Crippen molar-refractivity contribution in [2.24, 2.45) is 0 Å². The smallest absolute Gasteiger partial charge is 0.230 e. The fraction of sp³-hybridized carbons (Fsp3) is 0.286. The first kappa shape index (κ1) is 21.2. The average Bonchev–Trinajstić information content (AvgIpc) is 3.03. The molecule has 0 radical (unpaired) electrons. The third-order valence-corrected chi connectivity index (χ3v) is 4.42. The number of alkyl halides is 1. The summed E-state index contributed by atoms with van der Waals surface area (Å²) in [6.45, 7) is -0.677. The number of hydrogen-bond acceptors (Lipinski definition) is 6. The first-order chi connectivity index (χ1) is 11.5. The van der Waals surface area contributed by atoms with Crippen molar-refractivity contribution >= 4 is 39.3 Å². The summed E-state index contributed by atoms with van der Waals surface area (Å²) >= 11 is 4.14. The number of aromatic nitrogens is 2. The molecule has 4 N–H and O–H groups in total. The fourth-order valence-electron chi connectivity index (χ4n) is 1.77. The van der Waals surface area contributed by atoms with Crippen molar-refractivity contribution in [2.75, 3.05) is 19.0 Å². The normalized spacial score (nSPS) is 10.2. The number of nitrogens with one attached hydrogen (secondary N) is 2. The van der Waals surface area contributed by atoms with E-state index in [-0.39, 0.29) is 47.3 Å². The van der Waals surface area contributed by atoms with Crippen LogP contribution in [-0.4, -0.2) is 46.4 Å². The minimum Gasteiger partial charge on any atom is -0.412 e. The highest BCUT2D eigenvalue weighted by Gasteiger charge is 2.17. The Labute approximate surface area is 154 Å². The van der Waals surface area contributed by atoms with Gasteiger partial charge in [-0.2, -0.15) is 0 Å². The number of benzene rings is 1. The van der Waals surface area contributed by atoms with Crippen molar-refractivity contribution in [3.05, 3.63) is 39.7 Å². The van der Waals surface area contributed by atoms with Gasteiger partial charge in [-0.3, -0.25) is 4.79 Å². The highest BCUT2D eigenvalue weighted by molar-refractivity contribution is 9.10. The molecule has 1 aromatic heterocycles. The molecule has 11 heteroatoms. The lowest BCUT2D eigenvalue weighted by atomic mass is 10.1. The molecule has 0 fully saturated rings. The zero-order valence-corrected chi connectivity index (χ0v) is 15.2. The summed E-state index contributed by atoms with van der Waals surface area (Å²) in [5, 5.41) is 18.2. The summed E-state index contributed by atoms with van der Waals surface area (Å²) in [7, 11) is 0. The van der Waals surface area contributed by atoms with Crippen molar-refractivity contribution in [3.63, 3.8) is 0 Å². The number of amides is 1. The molecule has 0 saturated heterocycles. The minimum atomic E-state index is -0.634. The predicted octanol–water partition coefficient (Wildman–Crippen LogP) is 1.93. The Bertz CT molecular complexity index is 745. The Morgan fingerprint density at radius 3 is 2.84 bits per heavy atom. The number of nitrogens with zero attached hydrogens (tertiary/aromatic N) is 2. The van der Waals surface area contributed by atoms with Gasteiger partial charge in [-0.25, -0.2) is 13.4 Å². The SMILES string of the molecule is N=C(Cc1ccc(F)c(Br)c1)c1nonc1SCC(=O)NCCF.O. The van der Waals surface area contributed by atoms with E-state index in [1.54, 1.807) is 12.1 Å². The van der Waals surface area contributed by atoms with Crippen LogP contribution in [0.3, 0.4) is 0 Å². The minimum absolute atomic E-state index is 0. The standard InChI is InChI=1S/C14H13BrF2N4O2S.H2O/c15-9-5-8(1-2-10(9)17)6-11(18)13-14(21-23-20-13)24-7-12(22)19-4-3-16;/h1-2,5,18H,3-4,6-7H2,(H,19,22);1H2. The third-order valence-electron chi connectivity index (χ3n) is 2.87. The molecule has 0 aliphatic carbocycles. The molecule has 2 rings (SSSR count). The predicted molar refractivity (Wildman–Crippen MR) is 92.3 cm³/mol. The topological polar surface area (TPSA) is 123 Å². The molecular weight excluding hydrogens is 422 g/mol. The van der Waals surface area contributed by atoms with Gasteiger partial charge >= 0.3 is 0 Å². The number of hydrogen-bond donors (Lipinski definition) is 2. The quantitative estimate of drug-likeness (QED) is 0.483. The molecule has 0 saturated carbocycles. The largest absolute Gasteiger partial charge is 0.412 e. The molecule has 0 atom stereocenters. The van der Waals surface area contributed by atoms with Gasteiger partial charge in [0.05, 0.1) is 15.9 Å². The monoisotopic (exact) mass is 436 g/mol. The number of rotatable bonds is 8. The lowest BCUT2D eigenvalue weighted by molar-refractivity contribution is -0.118. The van der Waals surface area contributed by atoms with Crippen LogP contribution in [0, 0.1) is 11.2 Å². The van der Waals surface area contributed by atoms with E-state index in [9.17, 15) is 13.6 Å². The van der Waals surface area contributed by atoms with Gasteiger partial charge in [-0.15, -0.1) is 0 Å². The van der Waals surface area contributed by atoms with Gasteiger partial charge in [-0.05, 0) is 43.9 Å². The van der Waals surface area contributed by atoms with Gasteiger partial charge < -0.3 is 16.2 Å². The zero-order valence-electron chi connectivity index (χ0n) is 12.8. The first-order valence-corrected chi connectivity index (χ1v) is 8.59. The van der Waals surface area contributed by atoms with E-state index in [0.717, 1.165) is 11.8 Å². The maximum Gasteiger partial charge on any atom is 0.230 e. The zero-order chi connectivity index (χ0) is 17.5. The van der Waals surface area contributed by atoms with Gasteiger partial charge in [0.25, 0.3) is 0 Å². The van der Waals surface area contributed by atoms with Gasteiger partial charge in [0.2, 0.25) is 5.91 Å². The van der Waals surface area contributed by atoms with E-state index in [4.69, 9.17) is 5.41 Å². The second kappa shape index (κ2) is 10.2. The molecule has 1 aromatic carbocycles. The molecular formula is C14H15BrF2N4O3S. The summed E-state index contributed by atoms with van der Waals surface area (Å²) in [6.07, 6.45) is 0.203. The molecule has 0 aliphatic rings. The Hall–Kier alpha value is -1.85. The molecule has 2 aromatic rings. The molecule has 7 nitrogen and oxygen atoms in total. The van der Waals surface area contributed by atoms with E-state index < -0.39 is 6.67 Å². The van der Waals surface area contributed by atoms with Crippen LogP contribution in [0.15, 0.2) is 32.3 Å². The van der Waals surface area contributed by atoms with Crippen LogP contribution in [0.25, 0.3) is 0 Å². The number of halogens is 3. The third kappa shape index (κ3) is 6.18. The number of carbonyl (C=O) groups excluding carboxylic acids is 1. The van der Waals surface area contributed by atoms with E-state index in [2.05, 4.69) is 36.2 Å². The van der Waals surface area contributed by atoms with Crippen molar-refractivity contribution in [3.8, 4) is 0 Å². The van der Waals surface area contributed by atoms with Crippen LogP contribution in [0.4, 0.5) is 8.78 Å². The van der Waals surface area contributed by atoms with Gasteiger partial charge in [0, 0.05) is 13.0 Å². The molecule has 0 bridgehead atoms. The van der Waals surface area contributed by atoms with Crippen LogP contribution >= 0.6 is 27.7 Å². The van der Waals surface area contributed by atoms with Crippen molar-refractivity contribution < 1.29 is 23.7 Å². The Morgan fingerprint density at radius 1 is 1.40 bits per heavy atom. The summed E-state index contributed by atoms with van der Waals surface area (Å²) in [5.41, 5.74) is 1.06. The second-order valence-corrected chi connectivity index (χ2v) is 6.47. The van der Waals surface area contributed by atoms with E-state index >= 15 is 0 Å². The Kier molecular flexibility index (Phi) is 8.66. The van der Waals surface area contributed by atoms with Crippen LogP contribution in [0.2, 0.25) is 0 Å². The van der Waals surface area contributed by atoms with Crippen LogP contribution < -0.4 is 5.32 Å². The van der Waals surface area contributed by atoms with E-state index in [0.29, 0.717) is 15.1 Å². The highest BCUT2D eigenvalue weighted by atomic mass is 79.9. The van der Waals surface area contributed by atoms with Crippen LogP contribution in [-0.2, 0) is 11.2 Å². The molecule has 0 aliphatic heterocycles. The Balaban J connectivity index is 0.00000312. The average molecular weight is 437 g/mol. The molecule has 0 unspecified atom stereocenters. The fourth-order valence-corrected chi connectivity index (χ4v) is 2.95. The Morgan fingerprint density at radius 2 is 2.16 bits per heavy atom. The van der Waals surface area contributed by atoms with E-state index in [1.165, 1.54) is 6.07 Å². The summed E-state index contributed by atoms with van der Waals surface area (Å²) in [5.74, 6) is -0.721.